The van der Waals surface area contributed by atoms with Gasteiger partial charge in [-0.1, -0.05) is 42.0 Å². The van der Waals surface area contributed by atoms with Crippen molar-refractivity contribution in [2.75, 3.05) is 5.32 Å². The molecule has 3 aromatic rings. The Balaban J connectivity index is 1.86. The number of hydrogen-bond acceptors (Lipinski definition) is 6. The highest BCUT2D eigenvalue weighted by Gasteiger charge is 2.18. The lowest BCUT2D eigenvalue weighted by Gasteiger charge is -2.02. The first-order valence-electron chi connectivity index (χ1n) is 7.66. The number of carbonyl (C=O) groups is 1. The van der Waals surface area contributed by atoms with Crippen LogP contribution in [0, 0.1) is 20.8 Å². The van der Waals surface area contributed by atoms with Crippen LogP contribution in [0.15, 0.2) is 18.2 Å². The summed E-state index contributed by atoms with van der Waals surface area (Å²) in [6, 6.07) is 6.24. The SMILES string of the molecule is CCc1nnc(NC(=O)c2sc(-c3ccc(C)cc3C)nc2C)s1. The molecule has 0 aliphatic heterocycles. The van der Waals surface area contributed by atoms with E-state index >= 15 is 0 Å². The van der Waals surface area contributed by atoms with Crippen LogP contribution in [0.1, 0.15) is 38.4 Å². The Morgan fingerprint density at radius 3 is 2.62 bits per heavy atom. The van der Waals surface area contributed by atoms with Crippen molar-refractivity contribution in [3.63, 3.8) is 0 Å². The molecule has 1 amide bonds. The number of carbonyl (C=O) groups excluding carboxylic acids is 1. The molecule has 0 bridgehead atoms. The van der Waals surface area contributed by atoms with Crippen LogP contribution in [0.5, 0.6) is 0 Å². The summed E-state index contributed by atoms with van der Waals surface area (Å²) in [5.41, 5.74) is 4.17. The Hall–Kier alpha value is -2.12. The Kier molecular flexibility index (Phi) is 4.73. The second-order valence-electron chi connectivity index (χ2n) is 5.56. The van der Waals surface area contributed by atoms with Crippen LogP contribution in [-0.2, 0) is 6.42 Å². The largest absolute Gasteiger partial charge is 0.296 e. The van der Waals surface area contributed by atoms with Crippen molar-refractivity contribution in [3.05, 3.63) is 44.9 Å². The topological polar surface area (TPSA) is 67.8 Å². The zero-order valence-electron chi connectivity index (χ0n) is 14.0. The number of nitrogens with one attached hydrogen (secondary N) is 1. The number of aryl methyl sites for hydroxylation is 4. The van der Waals surface area contributed by atoms with Gasteiger partial charge in [0.1, 0.15) is 14.9 Å². The smallest absolute Gasteiger partial charge is 0.269 e. The van der Waals surface area contributed by atoms with Crippen molar-refractivity contribution >= 4 is 33.7 Å². The van der Waals surface area contributed by atoms with E-state index in [1.165, 1.54) is 28.2 Å². The standard InChI is InChI=1S/C17H18N4OS2/c1-5-13-20-21-17(23-13)19-15(22)14-11(4)18-16(24-14)12-7-6-9(2)8-10(12)3/h6-8H,5H2,1-4H3,(H,19,21,22). The highest BCUT2D eigenvalue weighted by Crippen LogP contribution is 2.31. The van der Waals surface area contributed by atoms with Gasteiger partial charge in [-0.25, -0.2) is 4.98 Å². The van der Waals surface area contributed by atoms with Crippen molar-refractivity contribution in [3.8, 4) is 10.6 Å². The van der Waals surface area contributed by atoms with Gasteiger partial charge in [0.2, 0.25) is 5.13 Å². The van der Waals surface area contributed by atoms with E-state index in [0.29, 0.717) is 10.0 Å². The van der Waals surface area contributed by atoms with Gasteiger partial charge in [0.25, 0.3) is 5.91 Å². The average molecular weight is 358 g/mol. The molecule has 0 saturated carbocycles. The molecule has 1 N–H and O–H groups in total. The molecular weight excluding hydrogens is 340 g/mol. The van der Waals surface area contributed by atoms with Gasteiger partial charge in [-0.3, -0.25) is 10.1 Å². The van der Waals surface area contributed by atoms with E-state index in [2.05, 4.69) is 52.5 Å². The fourth-order valence-corrected chi connectivity index (χ4v) is 4.10. The minimum atomic E-state index is -0.181. The molecule has 3 rings (SSSR count). The quantitative estimate of drug-likeness (QED) is 0.750. The normalized spacial score (nSPS) is 10.8. The van der Waals surface area contributed by atoms with Crippen LogP contribution in [0.25, 0.3) is 10.6 Å². The number of benzene rings is 1. The number of hydrogen-bond donors (Lipinski definition) is 1. The van der Waals surface area contributed by atoms with E-state index in [4.69, 9.17) is 0 Å². The van der Waals surface area contributed by atoms with E-state index in [0.717, 1.165) is 33.3 Å². The van der Waals surface area contributed by atoms with Gasteiger partial charge in [0.05, 0.1) is 5.69 Å². The summed E-state index contributed by atoms with van der Waals surface area (Å²) in [6.07, 6.45) is 0.809. The van der Waals surface area contributed by atoms with Gasteiger partial charge in [0.15, 0.2) is 0 Å². The molecular formula is C17H18N4OS2. The van der Waals surface area contributed by atoms with Crippen molar-refractivity contribution in [2.24, 2.45) is 0 Å². The van der Waals surface area contributed by atoms with E-state index in [-0.39, 0.29) is 5.91 Å². The molecule has 0 aliphatic rings. The van der Waals surface area contributed by atoms with Gasteiger partial charge in [-0.05, 0) is 32.8 Å². The predicted octanol–water partition coefficient (Wildman–Crippen LogP) is 4.40. The van der Waals surface area contributed by atoms with Gasteiger partial charge in [-0.15, -0.1) is 21.5 Å². The Morgan fingerprint density at radius 2 is 1.96 bits per heavy atom. The number of aromatic nitrogens is 3. The molecule has 0 spiro atoms. The summed E-state index contributed by atoms with van der Waals surface area (Å²) >= 11 is 2.80. The molecule has 24 heavy (non-hydrogen) atoms. The van der Waals surface area contributed by atoms with Crippen LogP contribution in [0.4, 0.5) is 5.13 Å². The number of nitrogens with zero attached hydrogens (tertiary/aromatic N) is 3. The van der Waals surface area contributed by atoms with Crippen LogP contribution < -0.4 is 5.32 Å². The molecule has 0 fully saturated rings. The van der Waals surface area contributed by atoms with Crippen LogP contribution in [0.3, 0.4) is 0 Å². The Morgan fingerprint density at radius 1 is 1.17 bits per heavy atom. The molecule has 0 unspecified atom stereocenters. The molecule has 7 heteroatoms. The monoisotopic (exact) mass is 358 g/mol. The minimum absolute atomic E-state index is 0.181. The summed E-state index contributed by atoms with van der Waals surface area (Å²) in [5, 5.41) is 13.1. The van der Waals surface area contributed by atoms with Crippen LogP contribution in [-0.4, -0.2) is 21.1 Å². The molecule has 0 aliphatic carbocycles. The first-order valence-corrected chi connectivity index (χ1v) is 9.30. The first kappa shape index (κ1) is 16.7. The lowest BCUT2D eigenvalue weighted by molar-refractivity contribution is 0.102. The van der Waals surface area contributed by atoms with E-state index in [1.54, 1.807) is 0 Å². The summed E-state index contributed by atoms with van der Waals surface area (Å²) in [6.45, 7) is 7.99. The summed E-state index contributed by atoms with van der Waals surface area (Å²) in [5.74, 6) is -0.181. The Bertz CT molecular complexity index is 898. The fourth-order valence-electron chi connectivity index (χ4n) is 2.38. The highest BCUT2D eigenvalue weighted by molar-refractivity contribution is 7.17. The zero-order valence-corrected chi connectivity index (χ0v) is 15.6. The number of amides is 1. The maximum absolute atomic E-state index is 12.5. The maximum atomic E-state index is 12.5. The van der Waals surface area contributed by atoms with Crippen LogP contribution in [0.2, 0.25) is 0 Å². The molecule has 5 nitrogen and oxygen atoms in total. The second-order valence-corrected chi connectivity index (χ2v) is 7.62. The summed E-state index contributed by atoms with van der Waals surface area (Å²) < 4.78 is 0. The molecule has 2 aromatic heterocycles. The van der Waals surface area contributed by atoms with Crippen molar-refractivity contribution < 1.29 is 4.79 Å². The number of thiazole rings is 1. The van der Waals surface area contributed by atoms with E-state index in [1.807, 2.05) is 13.8 Å². The van der Waals surface area contributed by atoms with Crippen molar-refractivity contribution in [1.82, 2.24) is 15.2 Å². The molecule has 0 saturated heterocycles. The lowest BCUT2D eigenvalue weighted by Crippen LogP contribution is -2.11. The number of anilines is 1. The minimum Gasteiger partial charge on any atom is -0.296 e. The highest BCUT2D eigenvalue weighted by atomic mass is 32.1. The van der Waals surface area contributed by atoms with Gasteiger partial charge >= 0.3 is 0 Å². The van der Waals surface area contributed by atoms with E-state index in [9.17, 15) is 4.79 Å². The maximum Gasteiger partial charge on any atom is 0.269 e. The first-order chi connectivity index (χ1) is 11.5. The van der Waals surface area contributed by atoms with E-state index < -0.39 is 0 Å². The molecule has 0 radical (unpaired) electrons. The number of rotatable bonds is 4. The molecule has 1 aromatic carbocycles. The zero-order chi connectivity index (χ0) is 17.3. The molecule has 2 heterocycles. The van der Waals surface area contributed by atoms with Crippen LogP contribution >= 0.6 is 22.7 Å². The van der Waals surface area contributed by atoms with Crippen molar-refractivity contribution in [1.29, 1.82) is 0 Å². The Labute approximate surface area is 148 Å². The van der Waals surface area contributed by atoms with Crippen molar-refractivity contribution in [2.45, 2.75) is 34.1 Å². The third kappa shape index (κ3) is 3.37. The third-order valence-electron chi connectivity index (χ3n) is 3.60. The van der Waals surface area contributed by atoms with Gasteiger partial charge in [-0.2, -0.15) is 0 Å². The lowest BCUT2D eigenvalue weighted by atomic mass is 10.1. The second kappa shape index (κ2) is 6.78. The molecule has 124 valence electrons. The van der Waals surface area contributed by atoms with Gasteiger partial charge in [0, 0.05) is 5.56 Å². The van der Waals surface area contributed by atoms with Gasteiger partial charge < -0.3 is 0 Å². The summed E-state index contributed by atoms with van der Waals surface area (Å²) in [4.78, 5) is 17.7. The average Bonchev–Trinajstić information content (AvgIpc) is 3.13. The fraction of sp³-hybridized carbons (Fsp3) is 0.294. The molecule has 0 atom stereocenters. The summed E-state index contributed by atoms with van der Waals surface area (Å²) in [7, 11) is 0. The predicted molar refractivity (Wildman–Crippen MR) is 99.0 cm³/mol. The third-order valence-corrected chi connectivity index (χ3v) is 5.78.